The van der Waals surface area contributed by atoms with E-state index in [2.05, 4.69) is 5.32 Å². The van der Waals surface area contributed by atoms with Gasteiger partial charge in [0.1, 0.15) is 5.82 Å². The van der Waals surface area contributed by atoms with Crippen LogP contribution in [-0.2, 0) is 20.8 Å². The Kier molecular flexibility index (Phi) is 7.53. The fourth-order valence-corrected chi connectivity index (χ4v) is 3.18. The number of aliphatic hydroxyl groups excluding tert-OH is 1. The highest BCUT2D eigenvalue weighted by molar-refractivity contribution is 6.31. The van der Waals surface area contributed by atoms with Crippen molar-refractivity contribution < 1.29 is 34.1 Å². The van der Waals surface area contributed by atoms with Crippen molar-refractivity contribution in [2.24, 2.45) is 5.41 Å². The molecule has 7 nitrogen and oxygen atoms in total. The monoisotopic (exact) mass is 437 g/mol. The number of aliphatic hydroxyl groups is 1. The first-order chi connectivity index (χ1) is 14.1. The molecule has 0 aromatic heterocycles. The first-order valence-electron chi connectivity index (χ1n) is 8.98. The number of aliphatic carboxylic acids is 2. The van der Waals surface area contributed by atoms with Crippen LogP contribution in [0, 0.1) is 11.2 Å². The molecule has 0 fully saturated rings. The summed E-state index contributed by atoms with van der Waals surface area (Å²) in [5.41, 5.74) is -0.0398. The van der Waals surface area contributed by atoms with Gasteiger partial charge in [-0.05, 0) is 49.1 Å². The minimum atomic E-state index is -1.70. The Morgan fingerprint density at radius 3 is 2.30 bits per heavy atom. The van der Waals surface area contributed by atoms with Gasteiger partial charge in [0.25, 0.3) is 0 Å². The van der Waals surface area contributed by atoms with Crippen molar-refractivity contribution in [1.82, 2.24) is 5.32 Å². The molecular formula is C21H21ClFNO6. The molecule has 0 saturated heterocycles. The topological polar surface area (TPSA) is 124 Å². The predicted octanol–water partition coefficient (Wildman–Crippen LogP) is 2.73. The Balaban J connectivity index is 2.26. The van der Waals surface area contributed by atoms with Gasteiger partial charge in [0, 0.05) is 16.6 Å². The van der Waals surface area contributed by atoms with Crippen molar-refractivity contribution in [3.8, 4) is 11.1 Å². The van der Waals surface area contributed by atoms with Crippen LogP contribution in [0.2, 0.25) is 5.02 Å². The molecule has 0 bridgehead atoms. The Morgan fingerprint density at radius 1 is 1.13 bits per heavy atom. The SMILES string of the molecule is CC(CO)(CC(Cc1ccc(-c2cc(Cl)ccc2F)cc1)NC(=O)C(=O)O)C(=O)O. The number of halogens is 2. The number of carbonyl (C=O) groups excluding carboxylic acids is 1. The smallest absolute Gasteiger partial charge is 0.394 e. The zero-order valence-electron chi connectivity index (χ0n) is 16.1. The molecule has 2 rings (SSSR count). The molecule has 2 atom stereocenters. The predicted molar refractivity (Wildman–Crippen MR) is 108 cm³/mol. The molecule has 0 spiro atoms. The van der Waals surface area contributed by atoms with Crippen molar-refractivity contribution in [3.05, 3.63) is 58.9 Å². The molecule has 0 saturated carbocycles. The number of carboxylic acid groups (broad SMARTS) is 2. The molecule has 0 heterocycles. The van der Waals surface area contributed by atoms with Crippen molar-refractivity contribution in [3.63, 3.8) is 0 Å². The molecule has 2 aromatic carbocycles. The lowest BCUT2D eigenvalue weighted by atomic mass is 9.82. The number of hydrogen-bond donors (Lipinski definition) is 4. The summed E-state index contributed by atoms with van der Waals surface area (Å²) in [6.07, 6.45) is -0.0806. The normalized spacial score (nSPS) is 13.9. The van der Waals surface area contributed by atoms with E-state index in [1.54, 1.807) is 24.3 Å². The van der Waals surface area contributed by atoms with Crippen LogP contribution >= 0.6 is 11.6 Å². The minimum absolute atomic E-state index is 0.111. The van der Waals surface area contributed by atoms with Crippen LogP contribution in [0.25, 0.3) is 11.1 Å². The standard InChI is InChI=1S/C21H21ClFNO6/c1-21(11-25,20(29)30)10-15(24-18(26)19(27)28)8-12-2-4-13(5-3-12)16-9-14(22)6-7-17(16)23/h2-7,9,15,25H,8,10-11H2,1H3,(H,24,26)(H,27,28)(H,29,30). The molecule has 30 heavy (non-hydrogen) atoms. The van der Waals surface area contributed by atoms with Gasteiger partial charge in [-0.3, -0.25) is 9.59 Å². The lowest BCUT2D eigenvalue weighted by Gasteiger charge is -2.28. The van der Waals surface area contributed by atoms with Gasteiger partial charge in [-0.1, -0.05) is 35.9 Å². The van der Waals surface area contributed by atoms with Gasteiger partial charge in [-0.2, -0.15) is 0 Å². The van der Waals surface area contributed by atoms with E-state index in [-0.39, 0.29) is 12.8 Å². The highest BCUT2D eigenvalue weighted by Crippen LogP contribution is 2.28. The van der Waals surface area contributed by atoms with E-state index in [1.165, 1.54) is 25.1 Å². The van der Waals surface area contributed by atoms with Gasteiger partial charge < -0.3 is 20.6 Å². The molecule has 9 heteroatoms. The van der Waals surface area contributed by atoms with E-state index in [1.807, 2.05) is 0 Å². The van der Waals surface area contributed by atoms with Crippen LogP contribution in [0.3, 0.4) is 0 Å². The molecule has 160 valence electrons. The summed E-state index contributed by atoms with van der Waals surface area (Å²) in [6.45, 7) is 0.620. The maximum atomic E-state index is 14.0. The lowest BCUT2D eigenvalue weighted by molar-refractivity contribution is -0.152. The van der Waals surface area contributed by atoms with E-state index in [4.69, 9.17) is 16.7 Å². The van der Waals surface area contributed by atoms with Crippen LogP contribution in [-0.4, -0.2) is 45.8 Å². The zero-order valence-corrected chi connectivity index (χ0v) is 16.8. The van der Waals surface area contributed by atoms with Crippen molar-refractivity contribution in [2.45, 2.75) is 25.8 Å². The maximum Gasteiger partial charge on any atom is 0.394 e. The van der Waals surface area contributed by atoms with Gasteiger partial charge in [0.15, 0.2) is 0 Å². The van der Waals surface area contributed by atoms with E-state index in [0.717, 1.165) is 0 Å². The summed E-state index contributed by atoms with van der Waals surface area (Å²) in [5, 5.41) is 30.3. The molecule has 0 aliphatic heterocycles. The minimum Gasteiger partial charge on any atom is -0.481 e. The first kappa shape index (κ1) is 23.3. The summed E-state index contributed by atoms with van der Waals surface area (Å²) in [5.74, 6) is -4.69. The van der Waals surface area contributed by atoms with Crippen LogP contribution in [0.5, 0.6) is 0 Å². The Labute approximate surface area is 177 Å². The molecule has 1 amide bonds. The van der Waals surface area contributed by atoms with Crippen LogP contribution in [0.1, 0.15) is 18.9 Å². The number of carbonyl (C=O) groups is 3. The highest BCUT2D eigenvalue weighted by atomic mass is 35.5. The highest BCUT2D eigenvalue weighted by Gasteiger charge is 2.36. The van der Waals surface area contributed by atoms with Crippen LogP contribution < -0.4 is 5.32 Å². The lowest BCUT2D eigenvalue weighted by Crippen LogP contribution is -2.46. The van der Waals surface area contributed by atoms with Crippen LogP contribution in [0.15, 0.2) is 42.5 Å². The van der Waals surface area contributed by atoms with Gasteiger partial charge in [-0.15, -0.1) is 0 Å². The average Bonchev–Trinajstić information content (AvgIpc) is 2.70. The average molecular weight is 438 g/mol. The quantitative estimate of drug-likeness (QED) is 0.471. The van der Waals surface area contributed by atoms with Gasteiger partial charge in [0.2, 0.25) is 0 Å². The number of carboxylic acids is 2. The third kappa shape index (κ3) is 5.77. The Bertz CT molecular complexity index is 949. The van der Waals surface area contributed by atoms with E-state index in [9.17, 15) is 29.0 Å². The van der Waals surface area contributed by atoms with Gasteiger partial charge in [-0.25, -0.2) is 9.18 Å². The molecule has 2 unspecified atom stereocenters. The zero-order chi connectivity index (χ0) is 22.5. The second-order valence-electron chi connectivity index (χ2n) is 7.23. The van der Waals surface area contributed by atoms with E-state index >= 15 is 0 Å². The molecule has 0 radical (unpaired) electrons. The third-order valence-electron chi connectivity index (χ3n) is 4.77. The molecule has 2 aromatic rings. The van der Waals surface area contributed by atoms with Crippen molar-refractivity contribution in [2.75, 3.05) is 6.61 Å². The fourth-order valence-electron chi connectivity index (χ4n) is 3.01. The van der Waals surface area contributed by atoms with Crippen molar-refractivity contribution >= 4 is 29.4 Å². The van der Waals surface area contributed by atoms with Gasteiger partial charge >= 0.3 is 17.8 Å². The summed E-state index contributed by atoms with van der Waals surface area (Å²) < 4.78 is 14.0. The Hall–Kier alpha value is -2.97. The third-order valence-corrected chi connectivity index (χ3v) is 5.00. The molecule has 0 aliphatic rings. The van der Waals surface area contributed by atoms with E-state index in [0.29, 0.717) is 21.7 Å². The number of nitrogens with one attached hydrogen (secondary N) is 1. The van der Waals surface area contributed by atoms with Crippen LogP contribution in [0.4, 0.5) is 4.39 Å². The number of hydrogen-bond acceptors (Lipinski definition) is 4. The summed E-state index contributed by atoms with van der Waals surface area (Å²) in [4.78, 5) is 34.0. The molecular weight excluding hydrogens is 417 g/mol. The van der Waals surface area contributed by atoms with Crippen molar-refractivity contribution in [1.29, 1.82) is 0 Å². The second-order valence-corrected chi connectivity index (χ2v) is 7.67. The van der Waals surface area contributed by atoms with E-state index < -0.39 is 41.7 Å². The second kappa shape index (κ2) is 9.69. The molecule has 4 N–H and O–H groups in total. The Morgan fingerprint density at radius 2 is 1.77 bits per heavy atom. The molecule has 0 aliphatic carbocycles. The number of rotatable bonds is 8. The number of amides is 1. The number of benzene rings is 2. The summed E-state index contributed by atoms with van der Waals surface area (Å²) >= 11 is 5.92. The fraction of sp³-hybridized carbons (Fsp3) is 0.286. The first-order valence-corrected chi connectivity index (χ1v) is 9.36. The van der Waals surface area contributed by atoms with Gasteiger partial charge in [0.05, 0.1) is 12.0 Å². The summed E-state index contributed by atoms with van der Waals surface area (Å²) in [6, 6.07) is 9.91. The maximum absolute atomic E-state index is 14.0. The summed E-state index contributed by atoms with van der Waals surface area (Å²) in [7, 11) is 0. The largest absolute Gasteiger partial charge is 0.481 e.